The molecule has 1 aromatic rings. The highest BCUT2D eigenvalue weighted by atomic mass is 16.6. The van der Waals surface area contributed by atoms with E-state index < -0.39 is 0 Å². The summed E-state index contributed by atoms with van der Waals surface area (Å²) < 4.78 is 5.24. The number of benzene rings is 1. The molecule has 0 spiro atoms. The second kappa shape index (κ2) is 8.12. The van der Waals surface area contributed by atoms with Crippen LogP contribution >= 0.6 is 0 Å². The van der Waals surface area contributed by atoms with Crippen molar-refractivity contribution in [2.75, 3.05) is 13.1 Å². The number of hydrogen-bond donors (Lipinski definition) is 0. The molecule has 96 valence electrons. The van der Waals surface area contributed by atoms with Crippen LogP contribution in [0.3, 0.4) is 0 Å². The lowest BCUT2D eigenvalue weighted by Gasteiger charge is -2.19. The highest BCUT2D eigenvalue weighted by Gasteiger charge is 2.12. The first-order chi connectivity index (χ1) is 8.77. The third kappa shape index (κ3) is 4.87. The Hall–Kier alpha value is -2.03. The van der Waals surface area contributed by atoms with E-state index in [0.717, 1.165) is 12.0 Å². The Morgan fingerprint density at radius 2 is 1.94 bits per heavy atom. The minimum Gasteiger partial charge on any atom is -0.445 e. The SMILES string of the molecule is C=CCCN(CC=C)C(=O)OCc1ccccc1. The Morgan fingerprint density at radius 1 is 1.22 bits per heavy atom. The van der Waals surface area contributed by atoms with Crippen LogP contribution in [-0.2, 0) is 11.3 Å². The zero-order chi connectivity index (χ0) is 13.2. The summed E-state index contributed by atoms with van der Waals surface area (Å²) in [6, 6.07) is 9.62. The lowest BCUT2D eigenvalue weighted by atomic mass is 10.2. The van der Waals surface area contributed by atoms with Crippen LogP contribution in [0, 0.1) is 0 Å². The molecule has 3 nitrogen and oxygen atoms in total. The van der Waals surface area contributed by atoms with E-state index in [1.165, 1.54) is 0 Å². The second-order valence-corrected chi connectivity index (χ2v) is 3.85. The highest BCUT2D eigenvalue weighted by molar-refractivity contribution is 5.67. The molecule has 3 heteroatoms. The zero-order valence-electron chi connectivity index (χ0n) is 10.5. The van der Waals surface area contributed by atoms with Crippen LogP contribution in [0.2, 0.25) is 0 Å². The predicted molar refractivity (Wildman–Crippen MR) is 73.2 cm³/mol. The Labute approximate surface area is 108 Å². The van der Waals surface area contributed by atoms with Crippen molar-refractivity contribution in [2.45, 2.75) is 13.0 Å². The van der Waals surface area contributed by atoms with Crippen molar-refractivity contribution >= 4 is 6.09 Å². The largest absolute Gasteiger partial charge is 0.445 e. The van der Waals surface area contributed by atoms with Gasteiger partial charge in [-0.15, -0.1) is 13.2 Å². The zero-order valence-corrected chi connectivity index (χ0v) is 10.5. The first kappa shape index (κ1) is 14.0. The molecule has 1 aromatic carbocycles. The van der Waals surface area contributed by atoms with Gasteiger partial charge >= 0.3 is 6.09 Å². The molecule has 0 fully saturated rings. The molecule has 0 N–H and O–H groups in total. The van der Waals surface area contributed by atoms with Crippen LogP contribution < -0.4 is 0 Å². The molecule has 0 aromatic heterocycles. The predicted octanol–water partition coefficient (Wildman–Crippen LogP) is 3.39. The van der Waals surface area contributed by atoms with Gasteiger partial charge in [-0.05, 0) is 12.0 Å². The molecule has 1 rings (SSSR count). The molecule has 0 heterocycles. The molecular formula is C15H19NO2. The van der Waals surface area contributed by atoms with Crippen LogP contribution in [0.4, 0.5) is 4.79 Å². The van der Waals surface area contributed by atoms with Crippen molar-refractivity contribution in [3.05, 3.63) is 61.2 Å². The normalized spacial score (nSPS) is 9.56. The molecule has 0 saturated heterocycles. The lowest BCUT2D eigenvalue weighted by Crippen LogP contribution is -2.32. The minimum atomic E-state index is -0.319. The molecule has 0 aliphatic carbocycles. The van der Waals surface area contributed by atoms with Gasteiger partial charge in [0.15, 0.2) is 0 Å². The molecular weight excluding hydrogens is 226 g/mol. The molecule has 0 aliphatic rings. The standard InChI is InChI=1S/C15H19NO2/c1-3-5-12-16(11-4-2)15(17)18-13-14-9-7-6-8-10-14/h3-4,6-10H,1-2,5,11-13H2. The van der Waals surface area contributed by atoms with Gasteiger partial charge in [0.2, 0.25) is 0 Å². The van der Waals surface area contributed by atoms with E-state index in [4.69, 9.17) is 4.74 Å². The Morgan fingerprint density at radius 3 is 2.56 bits per heavy atom. The summed E-state index contributed by atoms with van der Waals surface area (Å²) in [5.41, 5.74) is 0.980. The summed E-state index contributed by atoms with van der Waals surface area (Å²) in [7, 11) is 0. The highest BCUT2D eigenvalue weighted by Crippen LogP contribution is 2.04. The summed E-state index contributed by atoms with van der Waals surface area (Å²) in [5.74, 6) is 0. The van der Waals surface area contributed by atoms with Gasteiger partial charge < -0.3 is 9.64 Å². The number of carbonyl (C=O) groups is 1. The Bertz CT molecular complexity index is 387. The quantitative estimate of drug-likeness (QED) is 0.689. The van der Waals surface area contributed by atoms with Crippen molar-refractivity contribution in [3.8, 4) is 0 Å². The summed E-state index contributed by atoms with van der Waals surface area (Å²) in [4.78, 5) is 13.4. The molecule has 0 saturated carbocycles. The molecule has 0 aliphatic heterocycles. The summed E-state index contributed by atoms with van der Waals surface area (Å²) in [5, 5.41) is 0. The van der Waals surface area contributed by atoms with Crippen LogP contribution in [-0.4, -0.2) is 24.1 Å². The molecule has 0 bridgehead atoms. The van der Waals surface area contributed by atoms with Crippen molar-refractivity contribution < 1.29 is 9.53 Å². The van der Waals surface area contributed by atoms with Crippen LogP contribution in [0.25, 0.3) is 0 Å². The number of amides is 1. The van der Waals surface area contributed by atoms with Gasteiger partial charge in [-0.2, -0.15) is 0 Å². The van der Waals surface area contributed by atoms with Crippen LogP contribution in [0.5, 0.6) is 0 Å². The minimum absolute atomic E-state index is 0.293. The number of nitrogens with zero attached hydrogens (tertiary/aromatic N) is 1. The number of ether oxygens (including phenoxy) is 1. The Kier molecular flexibility index (Phi) is 6.33. The molecule has 0 radical (unpaired) electrons. The van der Waals surface area contributed by atoms with Crippen molar-refractivity contribution in [1.29, 1.82) is 0 Å². The fourth-order valence-corrected chi connectivity index (χ4v) is 1.47. The van der Waals surface area contributed by atoms with E-state index in [9.17, 15) is 4.79 Å². The average Bonchev–Trinajstić information content (AvgIpc) is 2.42. The van der Waals surface area contributed by atoms with E-state index in [0.29, 0.717) is 19.7 Å². The first-order valence-electron chi connectivity index (χ1n) is 5.95. The third-order valence-corrected chi connectivity index (χ3v) is 2.42. The smallest absolute Gasteiger partial charge is 0.410 e. The Balaban J connectivity index is 2.45. The van der Waals surface area contributed by atoms with E-state index in [1.807, 2.05) is 30.3 Å². The monoisotopic (exact) mass is 245 g/mol. The lowest BCUT2D eigenvalue weighted by molar-refractivity contribution is 0.101. The maximum absolute atomic E-state index is 11.8. The van der Waals surface area contributed by atoms with Gasteiger partial charge in [-0.1, -0.05) is 42.5 Å². The van der Waals surface area contributed by atoms with Gasteiger partial charge in [0.1, 0.15) is 6.61 Å². The van der Waals surface area contributed by atoms with Crippen LogP contribution in [0.15, 0.2) is 55.6 Å². The van der Waals surface area contributed by atoms with E-state index in [2.05, 4.69) is 13.2 Å². The second-order valence-electron chi connectivity index (χ2n) is 3.85. The van der Waals surface area contributed by atoms with E-state index >= 15 is 0 Å². The number of carbonyl (C=O) groups excluding carboxylic acids is 1. The molecule has 0 unspecified atom stereocenters. The van der Waals surface area contributed by atoms with E-state index in [1.54, 1.807) is 17.1 Å². The molecule has 0 atom stereocenters. The number of rotatable bonds is 7. The van der Waals surface area contributed by atoms with Gasteiger partial charge in [0.25, 0.3) is 0 Å². The molecule has 18 heavy (non-hydrogen) atoms. The topological polar surface area (TPSA) is 29.5 Å². The van der Waals surface area contributed by atoms with Gasteiger partial charge in [-0.25, -0.2) is 4.79 Å². The number of hydrogen-bond acceptors (Lipinski definition) is 2. The summed E-state index contributed by atoms with van der Waals surface area (Å²) in [6.07, 6.45) is 3.89. The average molecular weight is 245 g/mol. The van der Waals surface area contributed by atoms with Crippen molar-refractivity contribution in [3.63, 3.8) is 0 Å². The maximum Gasteiger partial charge on any atom is 0.410 e. The van der Waals surface area contributed by atoms with E-state index in [-0.39, 0.29) is 6.09 Å². The third-order valence-electron chi connectivity index (χ3n) is 2.42. The fraction of sp³-hybridized carbons (Fsp3) is 0.267. The van der Waals surface area contributed by atoms with Crippen molar-refractivity contribution in [1.82, 2.24) is 4.90 Å². The van der Waals surface area contributed by atoms with Gasteiger partial charge in [0.05, 0.1) is 0 Å². The van der Waals surface area contributed by atoms with Crippen LogP contribution in [0.1, 0.15) is 12.0 Å². The summed E-state index contributed by atoms with van der Waals surface area (Å²) >= 11 is 0. The van der Waals surface area contributed by atoms with Gasteiger partial charge in [-0.3, -0.25) is 0 Å². The maximum atomic E-state index is 11.8. The van der Waals surface area contributed by atoms with Gasteiger partial charge in [0, 0.05) is 13.1 Å². The summed E-state index contributed by atoms with van der Waals surface area (Å²) in [6.45, 7) is 8.66. The first-order valence-corrected chi connectivity index (χ1v) is 5.95. The molecule has 1 amide bonds. The fourth-order valence-electron chi connectivity index (χ4n) is 1.47. The van der Waals surface area contributed by atoms with Crippen molar-refractivity contribution in [2.24, 2.45) is 0 Å².